The molecule has 0 aliphatic carbocycles. The van der Waals surface area contributed by atoms with Crippen LogP contribution in [0.3, 0.4) is 0 Å². The molecule has 0 bridgehead atoms. The molecule has 0 radical (unpaired) electrons. The molecule has 176 valence electrons. The van der Waals surface area contributed by atoms with Gasteiger partial charge in [-0.3, -0.25) is 9.59 Å². The van der Waals surface area contributed by atoms with E-state index in [9.17, 15) is 9.59 Å². The molecule has 2 N–H and O–H groups in total. The second kappa shape index (κ2) is 9.95. The first kappa shape index (κ1) is 24.5. The van der Waals surface area contributed by atoms with Gasteiger partial charge in [0.15, 0.2) is 5.54 Å². The molecule has 1 aromatic heterocycles. The molecule has 4 atom stereocenters. The van der Waals surface area contributed by atoms with Crippen LogP contribution >= 0.6 is 29.8 Å². The van der Waals surface area contributed by atoms with Gasteiger partial charge >= 0.3 is 0 Å². The fraction of sp³-hybridized carbons (Fsp3) is 0.240. The van der Waals surface area contributed by atoms with Crippen molar-refractivity contribution in [2.45, 2.75) is 25.3 Å². The van der Waals surface area contributed by atoms with Crippen LogP contribution in [0.15, 0.2) is 65.1 Å². The Labute approximate surface area is 208 Å². The van der Waals surface area contributed by atoms with Crippen LogP contribution < -0.4 is 26.3 Å². The van der Waals surface area contributed by atoms with E-state index in [1.54, 1.807) is 18.4 Å². The van der Waals surface area contributed by atoms with Crippen LogP contribution in [0.1, 0.15) is 28.8 Å². The van der Waals surface area contributed by atoms with Gasteiger partial charge in [0, 0.05) is 11.9 Å². The number of aryl methyl sites for hydroxylation is 1. The van der Waals surface area contributed by atoms with Crippen molar-refractivity contribution in [3.63, 3.8) is 0 Å². The van der Waals surface area contributed by atoms with E-state index >= 15 is 0 Å². The number of nitrogens with zero attached hydrogens (tertiary/aromatic N) is 2. The summed E-state index contributed by atoms with van der Waals surface area (Å²) in [5.74, 6) is -0.854. The average Bonchev–Trinajstić information content (AvgIpc) is 3.44. The van der Waals surface area contributed by atoms with E-state index in [0.717, 1.165) is 38.0 Å². The van der Waals surface area contributed by atoms with Gasteiger partial charge in [0.25, 0.3) is 0 Å². The van der Waals surface area contributed by atoms with E-state index in [-0.39, 0.29) is 24.3 Å². The minimum absolute atomic E-state index is 0.103. The first-order chi connectivity index (χ1) is 16.3. The molecule has 4 unspecified atom stereocenters. The normalized spacial score (nSPS) is 19.6. The standard InChI is InChI=1S/C25H28N4O2P2S/c1-15-6-8-16(9-7-15)23-22(20-5-4-12-34-20)25(2,24(31)27-14-21(30)26-3)29(28-23)18-11-10-17(32)13-19(18)33/h4-13,22H,14,32-33H2,1-3H3,(H,26,30)(H,27,31). The van der Waals surface area contributed by atoms with Gasteiger partial charge in [-0.15, -0.1) is 29.8 Å². The van der Waals surface area contributed by atoms with E-state index < -0.39 is 5.54 Å². The van der Waals surface area contributed by atoms with E-state index in [2.05, 4.69) is 53.4 Å². The number of anilines is 1. The van der Waals surface area contributed by atoms with Gasteiger partial charge < -0.3 is 10.6 Å². The largest absolute Gasteiger partial charge is 0.358 e. The second-order valence-corrected chi connectivity index (χ2v) is 10.7. The molecule has 1 aliphatic heterocycles. The zero-order valence-electron chi connectivity index (χ0n) is 19.3. The molecule has 1 aliphatic rings. The fourth-order valence-corrected chi connectivity index (χ4v) is 6.03. The molecule has 4 rings (SSSR count). The van der Waals surface area contributed by atoms with Crippen molar-refractivity contribution in [3.8, 4) is 0 Å². The number of thiophene rings is 1. The van der Waals surface area contributed by atoms with Gasteiger partial charge in [0.05, 0.1) is 23.9 Å². The van der Waals surface area contributed by atoms with Gasteiger partial charge in [-0.25, -0.2) is 5.01 Å². The molecule has 0 saturated heterocycles. The van der Waals surface area contributed by atoms with Crippen molar-refractivity contribution in [2.24, 2.45) is 5.10 Å². The molecule has 0 fully saturated rings. The highest BCUT2D eigenvalue weighted by molar-refractivity contribution is 7.29. The number of carbonyl (C=O) groups is 2. The summed E-state index contributed by atoms with van der Waals surface area (Å²) in [6.07, 6.45) is 0. The molecule has 2 amide bonds. The Hall–Kier alpha value is -2.59. The Morgan fingerprint density at radius 2 is 1.88 bits per heavy atom. The summed E-state index contributed by atoms with van der Waals surface area (Å²) in [5.41, 5.74) is 2.65. The van der Waals surface area contributed by atoms with Crippen LogP contribution in [0.25, 0.3) is 0 Å². The first-order valence-electron chi connectivity index (χ1n) is 10.9. The van der Waals surface area contributed by atoms with Crippen LogP contribution in [0.2, 0.25) is 0 Å². The summed E-state index contributed by atoms with van der Waals surface area (Å²) < 4.78 is 0. The van der Waals surface area contributed by atoms with Crippen molar-refractivity contribution in [2.75, 3.05) is 18.6 Å². The van der Waals surface area contributed by atoms with Gasteiger partial charge in [-0.1, -0.05) is 42.0 Å². The lowest BCUT2D eigenvalue weighted by Gasteiger charge is -2.37. The van der Waals surface area contributed by atoms with Gasteiger partial charge in [-0.05, 0) is 53.6 Å². The first-order valence-corrected chi connectivity index (χ1v) is 12.9. The zero-order valence-corrected chi connectivity index (χ0v) is 22.5. The van der Waals surface area contributed by atoms with E-state index in [0.29, 0.717) is 0 Å². The number of likely N-dealkylation sites (N-methyl/N-ethyl adjacent to an activating group) is 1. The Morgan fingerprint density at radius 1 is 1.15 bits per heavy atom. The van der Waals surface area contributed by atoms with Gasteiger partial charge in [0.2, 0.25) is 11.8 Å². The van der Waals surface area contributed by atoms with Crippen molar-refractivity contribution in [1.82, 2.24) is 10.6 Å². The molecule has 2 heterocycles. The summed E-state index contributed by atoms with van der Waals surface area (Å²) >= 11 is 1.60. The summed E-state index contributed by atoms with van der Waals surface area (Å²) in [5, 5.41) is 16.3. The van der Waals surface area contributed by atoms with Crippen LogP contribution in [-0.4, -0.2) is 36.7 Å². The number of rotatable bonds is 6. The summed E-state index contributed by atoms with van der Waals surface area (Å²) in [6.45, 7) is 3.85. The molecule has 34 heavy (non-hydrogen) atoms. The molecule has 3 aromatic rings. The number of hydrazone groups is 1. The molecular formula is C25H28N4O2P2S. The van der Waals surface area contributed by atoms with E-state index in [1.165, 1.54) is 0 Å². The Morgan fingerprint density at radius 3 is 2.50 bits per heavy atom. The third kappa shape index (κ3) is 4.53. The van der Waals surface area contributed by atoms with Crippen molar-refractivity contribution >= 4 is 63.6 Å². The maximum atomic E-state index is 13.9. The Kier molecular flexibility index (Phi) is 7.18. The third-order valence-electron chi connectivity index (χ3n) is 6.09. The van der Waals surface area contributed by atoms with Gasteiger partial charge in [0.1, 0.15) is 0 Å². The van der Waals surface area contributed by atoms with Crippen LogP contribution in [0.5, 0.6) is 0 Å². The Balaban J connectivity index is 1.90. The van der Waals surface area contributed by atoms with E-state index in [1.807, 2.05) is 54.6 Å². The number of carbonyl (C=O) groups excluding carboxylic acids is 2. The molecule has 6 nitrogen and oxygen atoms in total. The number of benzene rings is 2. The highest BCUT2D eigenvalue weighted by atomic mass is 32.1. The van der Waals surface area contributed by atoms with Crippen molar-refractivity contribution in [3.05, 3.63) is 76.0 Å². The summed E-state index contributed by atoms with van der Waals surface area (Å²) in [7, 11) is 7.00. The third-order valence-corrected chi connectivity index (χ3v) is 7.84. The smallest absolute Gasteiger partial charge is 0.249 e. The minimum Gasteiger partial charge on any atom is -0.358 e. The maximum absolute atomic E-state index is 13.9. The fourth-order valence-electron chi connectivity index (χ4n) is 4.20. The predicted molar refractivity (Wildman–Crippen MR) is 148 cm³/mol. The maximum Gasteiger partial charge on any atom is 0.249 e. The lowest BCUT2D eigenvalue weighted by atomic mass is 9.78. The minimum atomic E-state index is -1.10. The number of nitrogens with one attached hydrogen (secondary N) is 2. The Bertz CT molecular complexity index is 1240. The molecular weight excluding hydrogens is 482 g/mol. The van der Waals surface area contributed by atoms with E-state index in [4.69, 9.17) is 5.10 Å². The highest BCUT2D eigenvalue weighted by Gasteiger charge is 2.55. The number of amides is 2. The van der Waals surface area contributed by atoms with Crippen LogP contribution in [0.4, 0.5) is 5.69 Å². The molecule has 2 aromatic carbocycles. The SMILES string of the molecule is CNC(=O)CNC(=O)C1(C)C(c2cccs2)C(c2ccc(C)cc2)=NN1c1ccc(P)cc1P. The van der Waals surface area contributed by atoms with Gasteiger partial charge in [-0.2, -0.15) is 5.10 Å². The number of hydrogen-bond acceptors (Lipinski definition) is 5. The molecule has 9 heteroatoms. The zero-order chi connectivity index (χ0) is 24.5. The lowest BCUT2D eigenvalue weighted by Crippen LogP contribution is -2.58. The quantitative estimate of drug-likeness (QED) is 0.501. The highest BCUT2D eigenvalue weighted by Crippen LogP contribution is 2.46. The monoisotopic (exact) mass is 510 g/mol. The van der Waals surface area contributed by atoms with Crippen molar-refractivity contribution in [1.29, 1.82) is 0 Å². The summed E-state index contributed by atoms with van der Waals surface area (Å²) in [6, 6.07) is 18.2. The second-order valence-electron chi connectivity index (χ2n) is 8.43. The van der Waals surface area contributed by atoms with Crippen LogP contribution in [0, 0.1) is 6.92 Å². The topological polar surface area (TPSA) is 73.8 Å². The predicted octanol–water partition coefficient (Wildman–Crippen LogP) is 2.69. The summed E-state index contributed by atoms with van der Waals surface area (Å²) in [4.78, 5) is 26.8. The average molecular weight is 511 g/mol. The van der Waals surface area contributed by atoms with Crippen LogP contribution in [-0.2, 0) is 9.59 Å². The number of hydrogen-bond donors (Lipinski definition) is 2. The molecule has 0 saturated carbocycles. The molecule has 0 spiro atoms. The van der Waals surface area contributed by atoms with Crippen molar-refractivity contribution < 1.29 is 9.59 Å². The lowest BCUT2D eigenvalue weighted by molar-refractivity contribution is -0.129.